The SMILES string of the molecule is Cc1nn(C)c(C)c1S(=O)(=O)NNC(=O)COc1ccccc1Cl. The lowest BCUT2D eigenvalue weighted by Crippen LogP contribution is -2.44. The normalized spacial score (nSPS) is 11.3. The van der Waals surface area contributed by atoms with Gasteiger partial charge in [0.1, 0.15) is 10.6 Å². The second-order valence-corrected chi connectivity index (χ2v) is 7.02. The maximum Gasteiger partial charge on any atom is 0.272 e. The van der Waals surface area contributed by atoms with E-state index in [-0.39, 0.29) is 4.90 Å². The van der Waals surface area contributed by atoms with Crippen molar-refractivity contribution in [2.45, 2.75) is 18.7 Å². The predicted octanol–water partition coefficient (Wildman–Crippen LogP) is 1.08. The Kier molecular flexibility index (Phi) is 5.47. The van der Waals surface area contributed by atoms with Crippen molar-refractivity contribution in [1.29, 1.82) is 0 Å². The van der Waals surface area contributed by atoms with Crippen LogP contribution in [0.3, 0.4) is 0 Å². The number of hydrogen-bond donors (Lipinski definition) is 2. The van der Waals surface area contributed by atoms with E-state index >= 15 is 0 Å². The number of aryl methyl sites for hydroxylation is 2. The van der Waals surface area contributed by atoms with Gasteiger partial charge in [-0.2, -0.15) is 5.10 Å². The third-order valence-corrected chi connectivity index (χ3v) is 5.04. The zero-order chi connectivity index (χ0) is 17.9. The van der Waals surface area contributed by atoms with Gasteiger partial charge < -0.3 is 4.74 Å². The average molecular weight is 373 g/mol. The van der Waals surface area contributed by atoms with E-state index in [1.807, 2.05) is 4.83 Å². The molecule has 2 aromatic rings. The highest BCUT2D eigenvalue weighted by molar-refractivity contribution is 7.89. The Balaban J connectivity index is 1.97. The first kappa shape index (κ1) is 18.2. The molecule has 10 heteroatoms. The number of hydrogen-bond acceptors (Lipinski definition) is 5. The lowest BCUT2D eigenvalue weighted by Gasteiger charge is -2.10. The lowest BCUT2D eigenvalue weighted by atomic mass is 10.3. The Bertz CT molecular complexity index is 864. The van der Waals surface area contributed by atoms with Crippen LogP contribution in [0.5, 0.6) is 5.75 Å². The van der Waals surface area contributed by atoms with E-state index in [0.717, 1.165) is 0 Å². The number of aromatic nitrogens is 2. The molecule has 0 aliphatic heterocycles. The van der Waals surface area contributed by atoms with Crippen molar-refractivity contribution >= 4 is 27.5 Å². The highest BCUT2D eigenvalue weighted by Crippen LogP contribution is 2.22. The van der Waals surface area contributed by atoms with E-state index < -0.39 is 22.5 Å². The highest BCUT2D eigenvalue weighted by Gasteiger charge is 2.24. The van der Waals surface area contributed by atoms with Crippen LogP contribution in [-0.2, 0) is 21.9 Å². The van der Waals surface area contributed by atoms with E-state index in [9.17, 15) is 13.2 Å². The molecule has 24 heavy (non-hydrogen) atoms. The monoisotopic (exact) mass is 372 g/mol. The van der Waals surface area contributed by atoms with Crippen LogP contribution < -0.4 is 15.0 Å². The topological polar surface area (TPSA) is 102 Å². The highest BCUT2D eigenvalue weighted by atomic mass is 35.5. The number of sulfonamides is 1. The summed E-state index contributed by atoms with van der Waals surface area (Å²) in [4.78, 5) is 13.8. The van der Waals surface area contributed by atoms with Crippen LogP contribution in [-0.4, -0.2) is 30.7 Å². The van der Waals surface area contributed by atoms with E-state index in [1.54, 1.807) is 45.2 Å². The first-order chi connectivity index (χ1) is 11.2. The van der Waals surface area contributed by atoms with Crippen LogP contribution in [0.15, 0.2) is 29.2 Å². The van der Waals surface area contributed by atoms with Crippen LogP contribution in [0.1, 0.15) is 11.4 Å². The fourth-order valence-corrected chi connectivity index (χ4v) is 3.55. The van der Waals surface area contributed by atoms with Gasteiger partial charge in [-0.15, -0.1) is 4.83 Å². The van der Waals surface area contributed by atoms with Crippen LogP contribution in [0.2, 0.25) is 5.02 Å². The molecule has 1 aromatic heterocycles. The fraction of sp³-hybridized carbons (Fsp3) is 0.286. The van der Waals surface area contributed by atoms with E-state index in [0.29, 0.717) is 22.2 Å². The molecule has 130 valence electrons. The van der Waals surface area contributed by atoms with Gasteiger partial charge in [-0.1, -0.05) is 23.7 Å². The molecule has 0 saturated carbocycles. The molecule has 0 saturated heterocycles. The van der Waals surface area contributed by atoms with Gasteiger partial charge in [0.15, 0.2) is 6.61 Å². The van der Waals surface area contributed by atoms with Crippen molar-refractivity contribution in [1.82, 2.24) is 20.0 Å². The number of ether oxygens (including phenoxy) is 1. The van der Waals surface area contributed by atoms with E-state index in [4.69, 9.17) is 16.3 Å². The number of nitrogens with zero attached hydrogens (tertiary/aromatic N) is 2. The molecule has 0 radical (unpaired) electrons. The minimum absolute atomic E-state index is 0.0253. The summed E-state index contributed by atoms with van der Waals surface area (Å²) >= 11 is 5.90. The number of rotatable bonds is 6. The zero-order valence-corrected chi connectivity index (χ0v) is 14.9. The lowest BCUT2D eigenvalue weighted by molar-refractivity contribution is -0.123. The molecule has 0 bridgehead atoms. The van der Waals surface area contributed by atoms with Gasteiger partial charge in [0.25, 0.3) is 15.9 Å². The van der Waals surface area contributed by atoms with Crippen molar-refractivity contribution in [3.8, 4) is 5.75 Å². The molecule has 0 fully saturated rings. The third kappa shape index (κ3) is 4.05. The van der Waals surface area contributed by atoms with Gasteiger partial charge in [-0.05, 0) is 26.0 Å². The summed E-state index contributed by atoms with van der Waals surface area (Å²) in [5.41, 5.74) is 2.89. The Morgan fingerprint density at radius 3 is 2.58 bits per heavy atom. The summed E-state index contributed by atoms with van der Waals surface area (Å²) in [6.45, 7) is 2.80. The van der Waals surface area contributed by atoms with Crippen molar-refractivity contribution in [3.05, 3.63) is 40.7 Å². The number of carbonyl (C=O) groups excluding carboxylic acids is 1. The van der Waals surface area contributed by atoms with E-state index in [1.165, 1.54) is 4.68 Å². The molecular weight excluding hydrogens is 356 g/mol. The molecule has 0 aliphatic rings. The van der Waals surface area contributed by atoms with Crippen LogP contribution in [0, 0.1) is 13.8 Å². The quantitative estimate of drug-likeness (QED) is 0.739. The van der Waals surface area contributed by atoms with Gasteiger partial charge in [-0.25, -0.2) is 8.42 Å². The van der Waals surface area contributed by atoms with Crippen molar-refractivity contribution in [2.24, 2.45) is 7.05 Å². The van der Waals surface area contributed by atoms with Gasteiger partial charge in [0, 0.05) is 7.05 Å². The van der Waals surface area contributed by atoms with Crippen molar-refractivity contribution < 1.29 is 17.9 Å². The Labute approximate surface area is 144 Å². The molecule has 0 spiro atoms. The summed E-state index contributed by atoms with van der Waals surface area (Å²) in [5, 5.41) is 4.39. The maximum absolute atomic E-state index is 12.3. The Hall–Kier alpha value is -2.10. The summed E-state index contributed by atoms with van der Waals surface area (Å²) in [7, 11) is -2.30. The maximum atomic E-state index is 12.3. The van der Waals surface area contributed by atoms with Crippen LogP contribution in [0.25, 0.3) is 0 Å². The number of benzene rings is 1. The largest absolute Gasteiger partial charge is 0.482 e. The van der Waals surface area contributed by atoms with Gasteiger partial charge in [0.2, 0.25) is 0 Å². The second-order valence-electron chi connectivity index (χ2n) is 5.00. The average Bonchev–Trinajstić information content (AvgIpc) is 2.78. The number of hydrazine groups is 1. The van der Waals surface area contributed by atoms with Crippen molar-refractivity contribution in [3.63, 3.8) is 0 Å². The number of halogens is 1. The molecule has 0 aliphatic carbocycles. The third-order valence-electron chi connectivity index (χ3n) is 3.23. The molecule has 1 aromatic carbocycles. The minimum Gasteiger partial charge on any atom is -0.482 e. The Morgan fingerprint density at radius 1 is 1.33 bits per heavy atom. The number of nitrogens with one attached hydrogen (secondary N) is 2. The zero-order valence-electron chi connectivity index (χ0n) is 13.3. The standard InChI is InChI=1S/C14H17ClN4O4S/c1-9-14(10(2)19(3)17-9)24(21,22)18-16-13(20)8-23-12-7-5-4-6-11(12)15/h4-7,18H,8H2,1-3H3,(H,16,20). The van der Waals surface area contributed by atoms with Gasteiger partial charge >= 0.3 is 0 Å². The molecular formula is C14H17ClN4O4S. The van der Waals surface area contributed by atoms with Crippen LogP contribution in [0.4, 0.5) is 0 Å². The molecule has 0 unspecified atom stereocenters. The van der Waals surface area contributed by atoms with Crippen molar-refractivity contribution in [2.75, 3.05) is 6.61 Å². The second kappa shape index (κ2) is 7.20. The summed E-state index contributed by atoms with van der Waals surface area (Å²) in [5.74, 6) is -0.339. The number of amides is 1. The van der Waals surface area contributed by atoms with Crippen LogP contribution >= 0.6 is 11.6 Å². The molecule has 2 N–H and O–H groups in total. The minimum atomic E-state index is -3.93. The first-order valence-corrected chi connectivity index (χ1v) is 8.76. The Morgan fingerprint density at radius 2 is 2.00 bits per heavy atom. The smallest absolute Gasteiger partial charge is 0.272 e. The summed E-state index contributed by atoms with van der Waals surface area (Å²) in [6, 6.07) is 6.64. The fourth-order valence-electron chi connectivity index (χ4n) is 2.06. The number of para-hydroxylation sites is 1. The van der Waals surface area contributed by atoms with Gasteiger partial charge in [0.05, 0.1) is 16.4 Å². The van der Waals surface area contributed by atoms with E-state index in [2.05, 4.69) is 10.5 Å². The van der Waals surface area contributed by atoms with Gasteiger partial charge in [-0.3, -0.25) is 14.9 Å². The molecule has 1 amide bonds. The molecule has 8 nitrogen and oxygen atoms in total. The molecule has 0 atom stereocenters. The molecule has 2 rings (SSSR count). The first-order valence-electron chi connectivity index (χ1n) is 6.90. The summed E-state index contributed by atoms with van der Waals surface area (Å²) < 4.78 is 31.2. The molecule has 1 heterocycles. The predicted molar refractivity (Wildman–Crippen MR) is 88.1 cm³/mol. The summed E-state index contributed by atoms with van der Waals surface area (Å²) in [6.07, 6.45) is 0. The number of carbonyl (C=O) groups is 1.